The van der Waals surface area contributed by atoms with Gasteiger partial charge in [-0.2, -0.15) is 0 Å². The lowest BCUT2D eigenvalue weighted by molar-refractivity contribution is -0.385. The monoisotopic (exact) mass is 413 g/mol. The van der Waals surface area contributed by atoms with Gasteiger partial charge in [-0.1, -0.05) is 0 Å². The topological polar surface area (TPSA) is 122 Å². The van der Waals surface area contributed by atoms with Crippen LogP contribution >= 0.6 is 0 Å². The molecule has 0 heterocycles. The maximum absolute atomic E-state index is 14.2. The van der Waals surface area contributed by atoms with Crippen LogP contribution in [-0.2, 0) is 23.8 Å². The van der Waals surface area contributed by atoms with Crippen molar-refractivity contribution in [2.24, 2.45) is 0 Å². The van der Waals surface area contributed by atoms with Gasteiger partial charge >= 0.3 is 17.9 Å². The molecule has 160 valence electrons. The highest BCUT2D eigenvalue weighted by Gasteiger charge is 2.41. The number of ether oxygens (including phenoxy) is 3. The van der Waals surface area contributed by atoms with Crippen molar-refractivity contribution in [2.75, 3.05) is 7.11 Å². The van der Waals surface area contributed by atoms with Crippen molar-refractivity contribution in [1.29, 1.82) is 0 Å². The van der Waals surface area contributed by atoms with Crippen LogP contribution in [0, 0.1) is 15.9 Å². The van der Waals surface area contributed by atoms with Crippen LogP contribution in [0.4, 0.5) is 10.1 Å². The maximum atomic E-state index is 14.2. The second kappa shape index (κ2) is 8.54. The number of methoxy groups -OCH3 is 1. The molecule has 0 unspecified atom stereocenters. The molecule has 9 nitrogen and oxygen atoms in total. The minimum absolute atomic E-state index is 0.448. The molecule has 0 aliphatic carbocycles. The zero-order chi connectivity index (χ0) is 22.7. The van der Waals surface area contributed by atoms with Crippen molar-refractivity contribution in [3.8, 4) is 0 Å². The molecular weight excluding hydrogens is 389 g/mol. The van der Waals surface area contributed by atoms with Crippen molar-refractivity contribution in [3.63, 3.8) is 0 Å². The summed E-state index contributed by atoms with van der Waals surface area (Å²) in [6.45, 7) is 9.23. The van der Waals surface area contributed by atoms with E-state index in [0.29, 0.717) is 6.07 Å². The first-order valence-electron chi connectivity index (χ1n) is 8.59. The van der Waals surface area contributed by atoms with Crippen molar-refractivity contribution in [2.45, 2.75) is 58.7 Å². The largest absolute Gasteiger partial charge is 0.465 e. The summed E-state index contributed by atoms with van der Waals surface area (Å²) >= 11 is 0. The summed E-state index contributed by atoms with van der Waals surface area (Å²) in [5.41, 5.74) is -4.16. The zero-order valence-electron chi connectivity index (χ0n) is 17.3. The number of halogens is 1. The van der Waals surface area contributed by atoms with E-state index in [4.69, 9.17) is 9.47 Å². The highest BCUT2D eigenvalue weighted by Crippen LogP contribution is 2.33. The number of carbonyl (C=O) groups is 3. The molecule has 0 aliphatic rings. The number of nitro groups is 1. The first-order valence-corrected chi connectivity index (χ1v) is 8.59. The average Bonchev–Trinajstić information content (AvgIpc) is 2.51. The van der Waals surface area contributed by atoms with Crippen molar-refractivity contribution < 1.29 is 37.9 Å². The number of hydrogen-bond acceptors (Lipinski definition) is 8. The molecule has 0 atom stereocenters. The van der Waals surface area contributed by atoms with Crippen molar-refractivity contribution in [3.05, 3.63) is 39.2 Å². The molecule has 29 heavy (non-hydrogen) atoms. The van der Waals surface area contributed by atoms with E-state index in [1.165, 1.54) is 41.5 Å². The Kier molecular flexibility index (Phi) is 7.07. The van der Waals surface area contributed by atoms with E-state index in [0.717, 1.165) is 13.2 Å². The Hall–Kier alpha value is -3.04. The fourth-order valence-corrected chi connectivity index (χ4v) is 2.31. The highest BCUT2D eigenvalue weighted by molar-refractivity contribution is 6.03. The van der Waals surface area contributed by atoms with Gasteiger partial charge in [0.15, 0.2) is 5.92 Å². The first kappa shape index (κ1) is 24.0. The molecule has 1 aromatic carbocycles. The molecule has 0 saturated heterocycles. The third-order valence-corrected chi connectivity index (χ3v) is 3.31. The van der Waals surface area contributed by atoms with Gasteiger partial charge in [-0.3, -0.25) is 19.7 Å². The molecule has 0 radical (unpaired) electrons. The maximum Gasteiger partial charge on any atom is 0.340 e. The van der Waals surface area contributed by atoms with Crippen LogP contribution in [0.1, 0.15) is 63.4 Å². The highest BCUT2D eigenvalue weighted by atomic mass is 19.1. The summed E-state index contributed by atoms with van der Waals surface area (Å²) in [6, 6.07) is 1.18. The van der Waals surface area contributed by atoms with Crippen LogP contribution < -0.4 is 0 Å². The van der Waals surface area contributed by atoms with Crippen LogP contribution in [0.3, 0.4) is 0 Å². The number of rotatable bonds is 5. The second-order valence-electron chi connectivity index (χ2n) is 8.14. The van der Waals surface area contributed by atoms with E-state index in [1.807, 2.05) is 0 Å². The zero-order valence-corrected chi connectivity index (χ0v) is 17.3. The Morgan fingerprint density at radius 2 is 1.45 bits per heavy atom. The van der Waals surface area contributed by atoms with E-state index in [-0.39, 0.29) is 0 Å². The molecular formula is C19H24FNO8. The van der Waals surface area contributed by atoms with Gasteiger partial charge in [-0.25, -0.2) is 9.18 Å². The van der Waals surface area contributed by atoms with Crippen LogP contribution in [-0.4, -0.2) is 41.1 Å². The molecule has 0 aromatic heterocycles. The van der Waals surface area contributed by atoms with Gasteiger partial charge in [-0.15, -0.1) is 0 Å². The standard InChI is InChI=1S/C19H24FNO8/c1-18(2,3)28-16(23)14(17(24)29-19(4,5)6)11-8-10(15(22)27-7)12(20)9-13(11)21(25)26/h8-9,14H,1-7H3. The van der Waals surface area contributed by atoms with Crippen LogP contribution in [0.5, 0.6) is 0 Å². The quantitative estimate of drug-likeness (QED) is 0.237. The first-order chi connectivity index (χ1) is 13.1. The third-order valence-electron chi connectivity index (χ3n) is 3.31. The number of carbonyl (C=O) groups excluding carboxylic acids is 3. The SMILES string of the molecule is COC(=O)c1cc(C(C(=O)OC(C)(C)C)C(=O)OC(C)(C)C)c([N+](=O)[O-])cc1F. The number of nitro benzene ring substituents is 1. The summed E-state index contributed by atoms with van der Waals surface area (Å²) < 4.78 is 29.1. The minimum Gasteiger partial charge on any atom is -0.465 e. The number of hydrogen-bond donors (Lipinski definition) is 0. The lowest BCUT2D eigenvalue weighted by Gasteiger charge is -2.26. The van der Waals surface area contributed by atoms with E-state index in [1.54, 1.807) is 0 Å². The fourth-order valence-electron chi connectivity index (χ4n) is 2.31. The van der Waals surface area contributed by atoms with Gasteiger partial charge in [0, 0.05) is 0 Å². The Balaban J connectivity index is 3.73. The predicted molar refractivity (Wildman–Crippen MR) is 98.8 cm³/mol. The fraction of sp³-hybridized carbons (Fsp3) is 0.526. The average molecular weight is 413 g/mol. The Labute approximate surface area is 167 Å². The van der Waals surface area contributed by atoms with E-state index in [9.17, 15) is 28.9 Å². The second-order valence-corrected chi connectivity index (χ2v) is 8.14. The number of benzene rings is 1. The summed E-state index contributed by atoms with van der Waals surface area (Å²) in [5.74, 6) is -6.57. The summed E-state index contributed by atoms with van der Waals surface area (Å²) in [7, 11) is 0.988. The lowest BCUT2D eigenvalue weighted by Crippen LogP contribution is -2.36. The van der Waals surface area contributed by atoms with E-state index >= 15 is 0 Å². The summed E-state index contributed by atoms with van der Waals surface area (Å²) in [4.78, 5) is 47.8. The molecule has 0 fully saturated rings. The predicted octanol–water partition coefficient (Wildman–Crippen LogP) is 3.29. The van der Waals surface area contributed by atoms with Crippen molar-refractivity contribution >= 4 is 23.6 Å². The molecule has 1 aromatic rings. The number of nitrogens with zero attached hydrogens (tertiary/aromatic N) is 1. The van der Waals surface area contributed by atoms with Crippen LogP contribution in [0.2, 0.25) is 0 Å². The van der Waals surface area contributed by atoms with Crippen molar-refractivity contribution in [1.82, 2.24) is 0 Å². The lowest BCUT2D eigenvalue weighted by atomic mass is 9.94. The van der Waals surface area contributed by atoms with Gasteiger partial charge < -0.3 is 14.2 Å². The normalized spacial score (nSPS) is 11.8. The molecule has 1 rings (SSSR count). The Morgan fingerprint density at radius 1 is 1.00 bits per heavy atom. The molecule has 0 bridgehead atoms. The Bertz CT molecular complexity index is 808. The Morgan fingerprint density at radius 3 is 1.79 bits per heavy atom. The van der Waals surface area contributed by atoms with Gasteiger partial charge in [0.05, 0.1) is 29.2 Å². The molecule has 0 amide bonds. The van der Waals surface area contributed by atoms with Gasteiger partial charge in [0.25, 0.3) is 5.69 Å². The molecule has 0 saturated carbocycles. The summed E-state index contributed by atoms with van der Waals surface area (Å²) in [5, 5.41) is 11.5. The van der Waals surface area contributed by atoms with Gasteiger partial charge in [0.2, 0.25) is 0 Å². The van der Waals surface area contributed by atoms with Gasteiger partial charge in [-0.05, 0) is 47.6 Å². The molecule has 0 N–H and O–H groups in total. The van der Waals surface area contributed by atoms with Crippen LogP contribution in [0.15, 0.2) is 12.1 Å². The molecule has 0 spiro atoms. The minimum atomic E-state index is -1.92. The summed E-state index contributed by atoms with van der Waals surface area (Å²) in [6.07, 6.45) is 0. The third kappa shape index (κ3) is 6.51. The van der Waals surface area contributed by atoms with E-state index in [2.05, 4.69) is 4.74 Å². The smallest absolute Gasteiger partial charge is 0.340 e. The molecule has 0 aliphatic heterocycles. The van der Waals surface area contributed by atoms with E-state index < -0.39 is 62.6 Å². The van der Waals surface area contributed by atoms with Gasteiger partial charge in [0.1, 0.15) is 17.0 Å². The van der Waals surface area contributed by atoms with Crippen LogP contribution in [0.25, 0.3) is 0 Å². The number of esters is 3. The molecule has 10 heteroatoms.